The van der Waals surface area contributed by atoms with Gasteiger partial charge in [-0.2, -0.15) is 0 Å². The van der Waals surface area contributed by atoms with Crippen LogP contribution >= 0.6 is 12.2 Å². The Morgan fingerprint density at radius 2 is 1.59 bits per heavy atom. The first-order chi connectivity index (χ1) is 15.4. The van der Waals surface area contributed by atoms with Crippen molar-refractivity contribution in [2.75, 3.05) is 19.5 Å². The molecular weight excluding hydrogens is 450 g/mol. The Morgan fingerprint density at radius 3 is 2.25 bits per heavy atom. The Balaban J connectivity index is 1.55. The predicted molar refractivity (Wildman–Crippen MR) is 126 cm³/mol. The van der Waals surface area contributed by atoms with Gasteiger partial charge in [-0.15, -0.1) is 4.83 Å². The van der Waals surface area contributed by atoms with E-state index in [9.17, 15) is 8.42 Å². The lowest BCUT2D eigenvalue weighted by Gasteiger charge is -2.15. The van der Waals surface area contributed by atoms with Crippen LogP contribution in [-0.2, 0) is 16.6 Å². The normalized spacial score (nSPS) is 10.8. The second-order valence-corrected chi connectivity index (χ2v) is 8.56. The average molecular weight is 474 g/mol. The molecule has 0 saturated carbocycles. The van der Waals surface area contributed by atoms with Crippen LogP contribution in [0.4, 0.5) is 5.69 Å². The number of anilines is 1. The molecule has 0 spiro atoms. The van der Waals surface area contributed by atoms with Crippen molar-refractivity contribution < 1.29 is 22.6 Å². The molecule has 0 fully saturated rings. The van der Waals surface area contributed by atoms with Crippen LogP contribution in [0.5, 0.6) is 17.2 Å². The zero-order valence-corrected chi connectivity index (χ0v) is 19.1. The molecule has 0 radical (unpaired) electrons. The maximum atomic E-state index is 12.7. The molecule has 32 heavy (non-hydrogen) atoms. The summed E-state index contributed by atoms with van der Waals surface area (Å²) in [6.07, 6.45) is 0. The first kappa shape index (κ1) is 23.3. The molecule has 0 atom stereocenters. The number of hydrazine groups is 1. The smallest absolute Gasteiger partial charge is 0.261 e. The van der Waals surface area contributed by atoms with Crippen molar-refractivity contribution in [1.82, 2.24) is 10.3 Å². The van der Waals surface area contributed by atoms with E-state index >= 15 is 0 Å². The second-order valence-electron chi connectivity index (χ2n) is 6.50. The molecule has 0 aromatic heterocycles. The monoisotopic (exact) mass is 473 g/mol. The third-order valence-corrected chi connectivity index (χ3v) is 5.79. The van der Waals surface area contributed by atoms with Gasteiger partial charge >= 0.3 is 0 Å². The fraction of sp³-hybridized carbons (Fsp3) is 0.136. The fourth-order valence-corrected chi connectivity index (χ4v) is 3.97. The summed E-state index contributed by atoms with van der Waals surface area (Å²) in [5.74, 6) is 1.25. The van der Waals surface area contributed by atoms with E-state index in [1.165, 1.54) is 26.4 Å². The van der Waals surface area contributed by atoms with Crippen LogP contribution in [0.25, 0.3) is 0 Å². The first-order valence-electron chi connectivity index (χ1n) is 9.49. The highest BCUT2D eigenvalue weighted by Gasteiger charge is 2.20. The molecular formula is C22H23N3O5S2. The number of ether oxygens (including phenoxy) is 3. The van der Waals surface area contributed by atoms with Crippen LogP contribution in [0, 0.1) is 0 Å². The van der Waals surface area contributed by atoms with Crippen molar-refractivity contribution >= 4 is 33.0 Å². The van der Waals surface area contributed by atoms with E-state index in [-0.39, 0.29) is 15.8 Å². The lowest BCUT2D eigenvalue weighted by molar-refractivity contribution is 0.306. The summed E-state index contributed by atoms with van der Waals surface area (Å²) in [5.41, 5.74) is 4.20. The summed E-state index contributed by atoms with van der Waals surface area (Å²) in [7, 11) is -1.15. The molecule has 0 unspecified atom stereocenters. The first-order valence-corrected chi connectivity index (χ1v) is 11.4. The summed E-state index contributed by atoms with van der Waals surface area (Å²) in [5, 5.41) is 2.96. The minimum Gasteiger partial charge on any atom is -0.497 e. The number of nitrogens with one attached hydrogen (secondary N) is 3. The zero-order valence-electron chi connectivity index (χ0n) is 17.5. The van der Waals surface area contributed by atoms with E-state index in [1.54, 1.807) is 30.3 Å². The molecule has 3 aromatic rings. The minimum atomic E-state index is -3.98. The molecule has 3 aromatic carbocycles. The third kappa shape index (κ3) is 6.33. The summed E-state index contributed by atoms with van der Waals surface area (Å²) in [6.45, 7) is 0.461. The van der Waals surface area contributed by atoms with E-state index in [0.29, 0.717) is 23.8 Å². The van der Waals surface area contributed by atoms with Gasteiger partial charge in [0.1, 0.15) is 28.8 Å². The molecule has 10 heteroatoms. The number of benzene rings is 3. The zero-order chi connectivity index (χ0) is 23.0. The number of thiocarbonyl (C=S) groups is 1. The number of sulfonamides is 1. The molecule has 0 amide bonds. The van der Waals surface area contributed by atoms with Gasteiger partial charge in [0.05, 0.1) is 14.2 Å². The molecule has 3 N–H and O–H groups in total. The molecule has 0 aliphatic heterocycles. The minimum absolute atomic E-state index is 0.0633. The topological polar surface area (TPSA) is 97.9 Å². The summed E-state index contributed by atoms with van der Waals surface area (Å²) < 4.78 is 41.3. The number of hydrogen-bond donors (Lipinski definition) is 3. The van der Waals surface area contributed by atoms with Crippen molar-refractivity contribution in [2.24, 2.45) is 0 Å². The van der Waals surface area contributed by atoms with Crippen LogP contribution in [0.1, 0.15) is 5.56 Å². The van der Waals surface area contributed by atoms with Gasteiger partial charge in [0.15, 0.2) is 5.11 Å². The maximum Gasteiger partial charge on any atom is 0.261 e. The van der Waals surface area contributed by atoms with Crippen LogP contribution in [0.3, 0.4) is 0 Å². The number of methoxy groups -OCH3 is 2. The SMILES string of the molecule is COc1ccc(OC)c(S(=O)(=O)NNC(=S)Nc2ccc(OCc3ccccc3)cc2)c1. The van der Waals surface area contributed by atoms with Gasteiger partial charge in [-0.05, 0) is 54.2 Å². The van der Waals surface area contributed by atoms with Crippen molar-refractivity contribution in [3.8, 4) is 17.2 Å². The largest absolute Gasteiger partial charge is 0.497 e. The van der Waals surface area contributed by atoms with Crippen molar-refractivity contribution in [1.29, 1.82) is 0 Å². The van der Waals surface area contributed by atoms with E-state index in [1.807, 2.05) is 30.3 Å². The van der Waals surface area contributed by atoms with Crippen LogP contribution in [0.2, 0.25) is 0 Å². The Kier molecular flexibility index (Phi) is 7.87. The molecule has 3 rings (SSSR count). The quantitative estimate of drug-likeness (QED) is 0.321. The van der Waals surface area contributed by atoms with Gasteiger partial charge in [0, 0.05) is 11.8 Å². The predicted octanol–water partition coefficient (Wildman–Crippen LogP) is 3.46. The summed E-state index contributed by atoms with van der Waals surface area (Å²) >= 11 is 5.18. The van der Waals surface area contributed by atoms with Gasteiger partial charge in [-0.3, -0.25) is 5.43 Å². The van der Waals surface area contributed by atoms with Crippen LogP contribution < -0.4 is 29.8 Å². The molecule has 8 nitrogen and oxygen atoms in total. The average Bonchev–Trinajstić information content (AvgIpc) is 2.82. The Bertz CT molecular complexity index is 1150. The van der Waals surface area contributed by atoms with E-state index in [4.69, 9.17) is 26.4 Å². The van der Waals surface area contributed by atoms with Crippen LogP contribution in [0.15, 0.2) is 77.7 Å². The van der Waals surface area contributed by atoms with Gasteiger partial charge in [-0.25, -0.2) is 8.42 Å². The summed E-state index contributed by atoms with van der Waals surface area (Å²) in [4.78, 5) is 2.14. The Morgan fingerprint density at radius 1 is 0.906 bits per heavy atom. The van der Waals surface area contributed by atoms with Gasteiger partial charge in [0.25, 0.3) is 10.0 Å². The molecule has 168 valence electrons. The van der Waals surface area contributed by atoms with Gasteiger partial charge in [-0.1, -0.05) is 30.3 Å². The number of hydrogen-bond acceptors (Lipinski definition) is 6. The molecule has 0 aliphatic carbocycles. The fourth-order valence-electron chi connectivity index (χ4n) is 2.70. The van der Waals surface area contributed by atoms with Crippen molar-refractivity contribution in [3.05, 3.63) is 78.4 Å². The molecule has 0 aliphatic rings. The molecule has 0 heterocycles. The van der Waals surface area contributed by atoms with Crippen molar-refractivity contribution in [3.63, 3.8) is 0 Å². The maximum absolute atomic E-state index is 12.7. The summed E-state index contributed by atoms with van der Waals surface area (Å²) in [6, 6.07) is 21.4. The highest BCUT2D eigenvalue weighted by atomic mass is 32.2. The van der Waals surface area contributed by atoms with Gasteiger partial charge < -0.3 is 19.5 Å². The third-order valence-electron chi connectivity index (χ3n) is 4.32. The number of rotatable bonds is 9. The van der Waals surface area contributed by atoms with Gasteiger partial charge in [0.2, 0.25) is 0 Å². The van der Waals surface area contributed by atoms with E-state index < -0.39 is 10.0 Å². The second kappa shape index (κ2) is 10.8. The lowest BCUT2D eigenvalue weighted by atomic mass is 10.2. The van der Waals surface area contributed by atoms with E-state index in [2.05, 4.69) is 15.6 Å². The molecule has 0 saturated heterocycles. The highest BCUT2D eigenvalue weighted by molar-refractivity contribution is 7.89. The Labute approximate surface area is 192 Å². The Hall–Kier alpha value is -3.34. The highest BCUT2D eigenvalue weighted by Crippen LogP contribution is 2.27. The molecule has 0 bridgehead atoms. The van der Waals surface area contributed by atoms with Crippen molar-refractivity contribution in [2.45, 2.75) is 11.5 Å². The van der Waals surface area contributed by atoms with E-state index in [0.717, 1.165) is 5.56 Å². The standard InChI is InChI=1S/C22H23N3O5S2/c1-28-19-12-13-20(29-2)21(14-19)32(26,27)25-24-22(31)23-17-8-10-18(11-9-17)30-15-16-6-4-3-5-7-16/h3-14,25H,15H2,1-2H3,(H2,23,24,31). The van der Waals surface area contributed by atoms with Crippen LogP contribution in [-0.4, -0.2) is 27.7 Å². The lowest BCUT2D eigenvalue weighted by Crippen LogP contribution is -2.43.